The quantitative estimate of drug-likeness (QED) is 0.565. The third-order valence-electron chi connectivity index (χ3n) is 0.806. The Morgan fingerprint density at radius 2 is 2.08 bits per heavy atom. The van der Waals surface area contributed by atoms with Crippen LogP contribution in [-0.4, -0.2) is 17.5 Å². The van der Waals surface area contributed by atoms with Crippen molar-refractivity contribution in [2.75, 3.05) is 0 Å². The minimum atomic E-state index is -4.86. The van der Waals surface area contributed by atoms with Gasteiger partial charge < -0.3 is 0 Å². The van der Waals surface area contributed by atoms with Crippen molar-refractivity contribution in [3.8, 4) is 0 Å². The molecule has 8 heteroatoms. The van der Waals surface area contributed by atoms with Crippen LogP contribution in [0.4, 0.5) is 13.2 Å². The van der Waals surface area contributed by atoms with Crippen molar-refractivity contribution in [1.82, 2.24) is 0 Å². The van der Waals surface area contributed by atoms with Crippen molar-refractivity contribution in [2.24, 2.45) is 0 Å². The predicted molar refractivity (Wildman–Crippen MR) is 32.1 cm³/mol. The first-order valence-electron chi connectivity index (χ1n) is 2.92. The highest BCUT2D eigenvalue weighted by atomic mass is 31.1. The van der Waals surface area contributed by atoms with E-state index in [-0.39, 0.29) is 6.42 Å². The van der Waals surface area contributed by atoms with Crippen LogP contribution in [0, 0.1) is 0 Å². The largest absolute Gasteiger partial charge is 0.697 e. The van der Waals surface area contributed by atoms with Crippen LogP contribution < -0.4 is 0 Å². The van der Waals surface area contributed by atoms with Gasteiger partial charge in [-0.2, -0.15) is 0 Å². The minimum Gasteiger partial charge on any atom is -0.257 e. The van der Waals surface area contributed by atoms with E-state index in [9.17, 15) is 17.7 Å². The molecule has 0 aliphatic heterocycles. The Bertz CT molecular complexity index is 159. The zero-order chi connectivity index (χ0) is 9.78. The molecule has 0 saturated heterocycles. The maximum Gasteiger partial charge on any atom is 0.697 e. The van der Waals surface area contributed by atoms with Crippen molar-refractivity contribution in [3.63, 3.8) is 0 Å². The molecule has 0 spiro atoms. The molecule has 0 aromatic carbocycles. The number of halogens is 3. The Kier molecular flexibility index (Phi) is 4.62. The predicted octanol–water partition coefficient (Wildman–Crippen LogP) is 1.93. The van der Waals surface area contributed by atoms with Crippen LogP contribution >= 0.6 is 8.25 Å². The molecule has 1 N–H and O–H groups in total. The second kappa shape index (κ2) is 4.71. The first-order chi connectivity index (χ1) is 5.35. The van der Waals surface area contributed by atoms with Gasteiger partial charge in [0.1, 0.15) is 0 Å². The molecule has 0 heterocycles. The fraction of sp³-hybridized carbons (Fsp3) is 1.00. The Hall–Kier alpha value is -0.230. The molecular formula is C4H7F3O4P+. The van der Waals surface area contributed by atoms with Crippen molar-refractivity contribution < 1.29 is 31.9 Å². The molecule has 72 valence electrons. The fourth-order valence-electron chi connectivity index (χ4n) is 0.429. The summed E-state index contributed by atoms with van der Waals surface area (Å²) in [5.41, 5.74) is 0. The maximum absolute atomic E-state index is 11.5. The minimum absolute atomic E-state index is 0.166. The first-order valence-corrected chi connectivity index (χ1v) is 4.05. The molecule has 0 aromatic rings. The first kappa shape index (κ1) is 11.8. The third-order valence-corrected chi connectivity index (χ3v) is 1.22. The smallest absolute Gasteiger partial charge is 0.257 e. The van der Waals surface area contributed by atoms with E-state index < -0.39 is 20.9 Å². The summed E-state index contributed by atoms with van der Waals surface area (Å²) in [6, 6.07) is 0. The molecule has 0 saturated carbocycles. The Labute approximate surface area is 67.2 Å². The summed E-state index contributed by atoms with van der Waals surface area (Å²) in [5, 5.41) is 0. The molecule has 0 aliphatic rings. The van der Waals surface area contributed by atoms with Crippen LogP contribution in [0.5, 0.6) is 0 Å². The number of ether oxygens (including phenoxy) is 1. The van der Waals surface area contributed by atoms with E-state index in [1.165, 1.54) is 6.92 Å². The molecule has 2 unspecified atom stereocenters. The van der Waals surface area contributed by atoms with E-state index in [1.807, 2.05) is 0 Å². The molecule has 0 radical (unpaired) electrons. The lowest BCUT2D eigenvalue weighted by Crippen LogP contribution is -2.23. The Morgan fingerprint density at radius 3 is 2.33 bits per heavy atom. The highest BCUT2D eigenvalue weighted by Crippen LogP contribution is 2.26. The van der Waals surface area contributed by atoms with Crippen LogP contribution in [0.15, 0.2) is 0 Å². The molecule has 0 rings (SSSR count). The van der Waals surface area contributed by atoms with Crippen molar-refractivity contribution in [1.29, 1.82) is 0 Å². The third kappa shape index (κ3) is 6.48. The van der Waals surface area contributed by atoms with Gasteiger partial charge in [0.05, 0.1) is 0 Å². The van der Waals surface area contributed by atoms with E-state index in [0.29, 0.717) is 0 Å². The summed E-state index contributed by atoms with van der Waals surface area (Å²) in [6.45, 7) is 1.33. The highest BCUT2D eigenvalue weighted by molar-refractivity contribution is 7.32. The number of alkyl halides is 3. The Morgan fingerprint density at radius 1 is 1.58 bits per heavy atom. The molecule has 12 heavy (non-hydrogen) atoms. The number of rotatable bonds is 4. The van der Waals surface area contributed by atoms with Crippen LogP contribution in [0.3, 0.4) is 0 Å². The standard InChI is InChI=1S/C4H6F3O4P/c1-2-3(11-12(8)9)10-4(5,6)7/h3H,2H2,1H3/p+1. The zero-order valence-corrected chi connectivity index (χ0v) is 6.93. The monoisotopic (exact) mass is 207 g/mol. The lowest BCUT2D eigenvalue weighted by molar-refractivity contribution is -0.367. The van der Waals surface area contributed by atoms with Crippen LogP contribution in [0.25, 0.3) is 0 Å². The summed E-state index contributed by atoms with van der Waals surface area (Å²) in [7, 11) is -3.07. The lowest BCUT2D eigenvalue weighted by Gasteiger charge is -2.11. The van der Waals surface area contributed by atoms with Crippen molar-refractivity contribution in [2.45, 2.75) is 26.0 Å². The second-order valence-electron chi connectivity index (χ2n) is 1.74. The van der Waals surface area contributed by atoms with E-state index in [2.05, 4.69) is 9.26 Å². The van der Waals surface area contributed by atoms with Gasteiger partial charge >= 0.3 is 14.6 Å². The Balaban J connectivity index is 3.92. The van der Waals surface area contributed by atoms with Gasteiger partial charge in [-0.3, -0.25) is 4.74 Å². The molecule has 0 aromatic heterocycles. The van der Waals surface area contributed by atoms with Crippen molar-refractivity contribution >= 4 is 8.25 Å². The summed E-state index contributed by atoms with van der Waals surface area (Å²) in [6.07, 6.45) is -6.74. The lowest BCUT2D eigenvalue weighted by atomic mass is 10.5. The van der Waals surface area contributed by atoms with Crippen molar-refractivity contribution in [3.05, 3.63) is 0 Å². The van der Waals surface area contributed by atoms with Crippen LogP contribution in [0.1, 0.15) is 13.3 Å². The molecular weight excluding hydrogens is 200 g/mol. The summed E-state index contributed by atoms with van der Waals surface area (Å²) in [5.74, 6) is 0. The SMILES string of the molecule is CCC(O[P+](=O)O)OC(F)(F)F. The normalized spacial score (nSPS) is 15.9. The van der Waals surface area contributed by atoms with Gasteiger partial charge in [0.2, 0.25) is 6.29 Å². The van der Waals surface area contributed by atoms with Gasteiger partial charge in [-0.05, 0) is 0 Å². The van der Waals surface area contributed by atoms with E-state index in [4.69, 9.17) is 4.89 Å². The topological polar surface area (TPSA) is 55.8 Å². The average molecular weight is 207 g/mol. The van der Waals surface area contributed by atoms with Crippen LogP contribution in [-0.2, 0) is 13.8 Å². The zero-order valence-electron chi connectivity index (χ0n) is 6.04. The number of hydrogen-bond donors (Lipinski definition) is 1. The summed E-state index contributed by atoms with van der Waals surface area (Å²) >= 11 is 0. The second-order valence-corrected chi connectivity index (χ2v) is 2.43. The van der Waals surface area contributed by atoms with E-state index in [0.717, 1.165) is 0 Å². The van der Waals surface area contributed by atoms with E-state index >= 15 is 0 Å². The molecule has 2 atom stereocenters. The van der Waals surface area contributed by atoms with Crippen LogP contribution in [0.2, 0.25) is 0 Å². The maximum atomic E-state index is 11.5. The van der Waals surface area contributed by atoms with Gasteiger partial charge in [0.15, 0.2) is 0 Å². The summed E-state index contributed by atoms with van der Waals surface area (Å²) < 4.78 is 51.6. The molecule has 0 bridgehead atoms. The molecule has 4 nitrogen and oxygen atoms in total. The van der Waals surface area contributed by atoms with Gasteiger partial charge in [0, 0.05) is 11.0 Å². The van der Waals surface area contributed by atoms with Gasteiger partial charge in [-0.15, -0.1) is 18.1 Å². The average Bonchev–Trinajstić information content (AvgIpc) is 1.82. The van der Waals surface area contributed by atoms with E-state index in [1.54, 1.807) is 0 Å². The summed E-state index contributed by atoms with van der Waals surface area (Å²) in [4.78, 5) is 8.09. The van der Waals surface area contributed by atoms with Gasteiger partial charge in [-0.25, -0.2) is 0 Å². The molecule has 0 aliphatic carbocycles. The van der Waals surface area contributed by atoms with Gasteiger partial charge in [0.25, 0.3) is 0 Å². The highest BCUT2D eigenvalue weighted by Gasteiger charge is 2.37. The molecule has 0 fully saturated rings. The molecule has 0 amide bonds. The number of hydrogen-bond acceptors (Lipinski definition) is 3. The van der Waals surface area contributed by atoms with Gasteiger partial charge in [-0.1, -0.05) is 11.4 Å². The fourth-order valence-corrected chi connectivity index (χ4v) is 0.822.